The van der Waals surface area contributed by atoms with Crippen LogP contribution in [0.1, 0.15) is 47.6 Å². The maximum Gasteiger partial charge on any atom is 0.409 e. The maximum atomic E-state index is 11.7. The van der Waals surface area contributed by atoms with Gasteiger partial charge in [-0.05, 0) is 39.7 Å². The van der Waals surface area contributed by atoms with Crippen molar-refractivity contribution in [3.8, 4) is 0 Å². The highest BCUT2D eigenvalue weighted by molar-refractivity contribution is 5.77. The summed E-state index contributed by atoms with van der Waals surface area (Å²) in [5.74, 6) is 0. The zero-order chi connectivity index (χ0) is 14.7. The summed E-state index contributed by atoms with van der Waals surface area (Å²) < 4.78 is 7.25. The zero-order valence-electron chi connectivity index (χ0n) is 12.4. The van der Waals surface area contributed by atoms with E-state index in [9.17, 15) is 9.59 Å². The Labute approximate surface area is 119 Å². The summed E-state index contributed by atoms with van der Waals surface area (Å²) in [5.41, 5.74) is 2.89. The number of carbonyl (C=O) groups is 2. The van der Waals surface area contributed by atoms with E-state index in [1.165, 1.54) is 0 Å². The fraction of sp³-hybridized carbons (Fsp3) is 0.600. The molecule has 1 aromatic heterocycles. The van der Waals surface area contributed by atoms with Crippen LogP contribution < -0.4 is 0 Å². The number of aryl methyl sites for hydroxylation is 1. The summed E-state index contributed by atoms with van der Waals surface area (Å²) in [5, 5.41) is 0. The number of ether oxygens (including phenoxy) is 1. The summed E-state index contributed by atoms with van der Waals surface area (Å²) >= 11 is 0. The lowest BCUT2D eigenvalue weighted by molar-refractivity contribution is 0.0924. The molecule has 1 aromatic rings. The first kappa shape index (κ1) is 14.6. The summed E-state index contributed by atoms with van der Waals surface area (Å²) in [6, 6.07) is 2.29. The van der Waals surface area contributed by atoms with E-state index in [2.05, 4.69) is 4.57 Å². The van der Waals surface area contributed by atoms with Crippen LogP contribution >= 0.6 is 0 Å². The molecule has 1 amide bonds. The molecule has 2 rings (SSSR count). The van der Waals surface area contributed by atoms with E-state index in [-0.39, 0.29) is 6.09 Å². The van der Waals surface area contributed by atoms with Crippen LogP contribution in [0.15, 0.2) is 6.07 Å². The van der Waals surface area contributed by atoms with Crippen LogP contribution in [-0.4, -0.2) is 41.5 Å². The Morgan fingerprint density at radius 2 is 2.05 bits per heavy atom. The first-order chi connectivity index (χ1) is 9.58. The summed E-state index contributed by atoms with van der Waals surface area (Å²) in [6.45, 7) is 7.65. The molecule has 0 N–H and O–H groups in total. The van der Waals surface area contributed by atoms with Crippen LogP contribution in [-0.2, 0) is 4.74 Å². The van der Waals surface area contributed by atoms with Gasteiger partial charge in [-0.1, -0.05) is 0 Å². The summed E-state index contributed by atoms with van der Waals surface area (Å²) in [7, 11) is 0. The van der Waals surface area contributed by atoms with Gasteiger partial charge in [-0.3, -0.25) is 4.79 Å². The minimum atomic E-state index is -0.222. The molecule has 2 heterocycles. The van der Waals surface area contributed by atoms with E-state index in [1.807, 2.05) is 26.8 Å². The third-order valence-electron chi connectivity index (χ3n) is 4.01. The monoisotopic (exact) mass is 278 g/mol. The predicted octanol–water partition coefficient (Wildman–Crippen LogP) is 2.71. The number of hydrogen-bond donors (Lipinski definition) is 0. The molecule has 20 heavy (non-hydrogen) atoms. The van der Waals surface area contributed by atoms with Crippen LogP contribution in [0.3, 0.4) is 0 Å². The normalized spacial score (nSPS) is 16.2. The molecular formula is C15H22N2O3. The molecule has 0 bridgehead atoms. The van der Waals surface area contributed by atoms with Gasteiger partial charge >= 0.3 is 6.09 Å². The Hall–Kier alpha value is -1.78. The highest BCUT2D eigenvalue weighted by atomic mass is 16.6. The molecule has 1 aliphatic rings. The Balaban J connectivity index is 2.06. The van der Waals surface area contributed by atoms with Gasteiger partial charge in [0.1, 0.15) is 0 Å². The lowest BCUT2D eigenvalue weighted by Gasteiger charge is -2.33. The van der Waals surface area contributed by atoms with E-state index in [0.717, 1.165) is 36.1 Å². The lowest BCUT2D eigenvalue weighted by Crippen LogP contribution is -2.39. The van der Waals surface area contributed by atoms with Crippen molar-refractivity contribution in [1.82, 2.24) is 9.47 Å². The number of piperidine rings is 1. The maximum absolute atomic E-state index is 11.7. The topological polar surface area (TPSA) is 51.5 Å². The Bertz CT molecular complexity index is 499. The molecule has 1 saturated heterocycles. The highest BCUT2D eigenvalue weighted by Crippen LogP contribution is 2.28. The van der Waals surface area contributed by atoms with Crippen molar-refractivity contribution in [3.05, 3.63) is 23.0 Å². The Morgan fingerprint density at radius 1 is 1.40 bits per heavy atom. The van der Waals surface area contributed by atoms with Gasteiger partial charge in [-0.2, -0.15) is 0 Å². The van der Waals surface area contributed by atoms with Gasteiger partial charge in [-0.25, -0.2) is 4.79 Å². The highest BCUT2D eigenvalue weighted by Gasteiger charge is 2.26. The molecule has 5 nitrogen and oxygen atoms in total. The van der Waals surface area contributed by atoms with Gasteiger partial charge in [-0.15, -0.1) is 0 Å². The number of amides is 1. The van der Waals surface area contributed by atoms with E-state index in [4.69, 9.17) is 4.74 Å². The number of likely N-dealkylation sites (tertiary alicyclic amines) is 1. The van der Waals surface area contributed by atoms with E-state index >= 15 is 0 Å². The van der Waals surface area contributed by atoms with Gasteiger partial charge in [0, 0.05) is 36.1 Å². The predicted molar refractivity (Wildman–Crippen MR) is 76.2 cm³/mol. The van der Waals surface area contributed by atoms with Crippen molar-refractivity contribution in [2.45, 2.75) is 39.7 Å². The van der Waals surface area contributed by atoms with Crippen LogP contribution in [0.2, 0.25) is 0 Å². The minimum Gasteiger partial charge on any atom is -0.450 e. The first-order valence-electron chi connectivity index (χ1n) is 7.13. The molecule has 0 saturated carbocycles. The molecule has 110 valence electrons. The van der Waals surface area contributed by atoms with Crippen LogP contribution in [0.5, 0.6) is 0 Å². The zero-order valence-corrected chi connectivity index (χ0v) is 12.4. The number of aldehydes is 1. The molecule has 1 fully saturated rings. The van der Waals surface area contributed by atoms with Crippen molar-refractivity contribution < 1.29 is 14.3 Å². The van der Waals surface area contributed by atoms with E-state index in [1.54, 1.807) is 4.90 Å². The average molecular weight is 278 g/mol. The molecule has 0 unspecified atom stereocenters. The molecule has 5 heteroatoms. The standard InChI is InChI=1S/C15H22N2O3/c1-4-20-15(19)16-7-5-14(6-8-16)17-11(2)9-13(10-18)12(17)3/h9-10,14H,4-8H2,1-3H3. The summed E-state index contributed by atoms with van der Waals surface area (Å²) in [4.78, 5) is 24.4. The molecule has 1 aliphatic heterocycles. The fourth-order valence-corrected chi connectivity index (χ4v) is 3.01. The molecule has 0 radical (unpaired) electrons. The second-order valence-electron chi connectivity index (χ2n) is 5.23. The number of rotatable bonds is 3. The number of hydrogen-bond acceptors (Lipinski definition) is 3. The third kappa shape index (κ3) is 2.71. The van der Waals surface area contributed by atoms with Crippen molar-refractivity contribution in [2.24, 2.45) is 0 Å². The Kier molecular flexibility index (Phi) is 4.47. The minimum absolute atomic E-state index is 0.222. The number of carbonyl (C=O) groups excluding carboxylic acids is 2. The SMILES string of the molecule is CCOC(=O)N1CCC(n2c(C)cc(C=O)c2C)CC1. The fourth-order valence-electron chi connectivity index (χ4n) is 3.01. The number of aromatic nitrogens is 1. The van der Waals surface area contributed by atoms with E-state index in [0.29, 0.717) is 25.7 Å². The molecule has 0 aliphatic carbocycles. The molecular weight excluding hydrogens is 256 g/mol. The smallest absolute Gasteiger partial charge is 0.409 e. The van der Waals surface area contributed by atoms with Crippen LogP contribution in [0.4, 0.5) is 4.79 Å². The lowest BCUT2D eigenvalue weighted by atomic mass is 10.0. The van der Waals surface area contributed by atoms with E-state index < -0.39 is 0 Å². The molecule has 0 atom stereocenters. The van der Waals surface area contributed by atoms with Gasteiger partial charge in [0.15, 0.2) is 6.29 Å². The molecule has 0 aromatic carbocycles. The first-order valence-corrected chi connectivity index (χ1v) is 7.13. The summed E-state index contributed by atoms with van der Waals surface area (Å²) in [6.07, 6.45) is 2.48. The van der Waals surface area contributed by atoms with Crippen LogP contribution in [0, 0.1) is 13.8 Å². The quantitative estimate of drug-likeness (QED) is 0.799. The van der Waals surface area contributed by atoms with Crippen molar-refractivity contribution in [3.63, 3.8) is 0 Å². The largest absolute Gasteiger partial charge is 0.450 e. The van der Waals surface area contributed by atoms with Crippen molar-refractivity contribution in [1.29, 1.82) is 0 Å². The van der Waals surface area contributed by atoms with Crippen molar-refractivity contribution in [2.75, 3.05) is 19.7 Å². The second-order valence-corrected chi connectivity index (χ2v) is 5.23. The van der Waals surface area contributed by atoms with Crippen molar-refractivity contribution >= 4 is 12.4 Å². The average Bonchev–Trinajstić information content (AvgIpc) is 2.74. The van der Waals surface area contributed by atoms with Crippen LogP contribution in [0.25, 0.3) is 0 Å². The van der Waals surface area contributed by atoms with Gasteiger partial charge < -0.3 is 14.2 Å². The second kappa shape index (κ2) is 6.11. The third-order valence-corrected chi connectivity index (χ3v) is 4.01. The number of nitrogens with zero attached hydrogens (tertiary/aromatic N) is 2. The molecule has 0 spiro atoms. The van der Waals surface area contributed by atoms with Gasteiger partial charge in [0.05, 0.1) is 6.61 Å². The van der Waals surface area contributed by atoms with Gasteiger partial charge in [0.25, 0.3) is 0 Å². The van der Waals surface area contributed by atoms with Gasteiger partial charge in [0.2, 0.25) is 0 Å². The Morgan fingerprint density at radius 3 is 2.55 bits per heavy atom.